The topological polar surface area (TPSA) is 66.6 Å². The normalized spacial score (nSPS) is 25.2. The van der Waals surface area contributed by atoms with E-state index in [1.807, 2.05) is 20.8 Å². The number of hydrogen-bond donors (Lipinski definition) is 2. The van der Waals surface area contributed by atoms with Crippen LogP contribution in [-0.2, 0) is 4.79 Å². The van der Waals surface area contributed by atoms with Gasteiger partial charge in [0.25, 0.3) is 0 Å². The van der Waals surface area contributed by atoms with E-state index < -0.39 is 6.04 Å². The first kappa shape index (κ1) is 11.5. The van der Waals surface area contributed by atoms with Crippen molar-refractivity contribution in [3.8, 4) is 0 Å². The van der Waals surface area contributed by atoms with Crippen molar-refractivity contribution in [1.29, 1.82) is 0 Å². The Balaban J connectivity index is 2.57. The first-order chi connectivity index (χ1) is 6.32. The van der Waals surface area contributed by atoms with Crippen molar-refractivity contribution in [1.82, 2.24) is 4.90 Å². The Morgan fingerprint density at radius 1 is 1.57 bits per heavy atom. The lowest BCUT2D eigenvalue weighted by Crippen LogP contribution is -2.49. The number of hydrogen-bond acceptors (Lipinski definition) is 3. The highest BCUT2D eigenvalue weighted by atomic mass is 16.3. The van der Waals surface area contributed by atoms with Crippen LogP contribution in [0, 0.1) is 5.41 Å². The molecule has 14 heavy (non-hydrogen) atoms. The van der Waals surface area contributed by atoms with Gasteiger partial charge in [-0.1, -0.05) is 20.8 Å². The van der Waals surface area contributed by atoms with Gasteiger partial charge in [-0.05, 0) is 11.8 Å². The van der Waals surface area contributed by atoms with Crippen molar-refractivity contribution in [3.05, 3.63) is 0 Å². The molecule has 0 saturated carbocycles. The average Bonchev–Trinajstić information content (AvgIpc) is 2.47. The van der Waals surface area contributed by atoms with E-state index in [-0.39, 0.29) is 17.4 Å². The zero-order valence-corrected chi connectivity index (χ0v) is 9.16. The molecule has 0 aromatic heterocycles. The van der Waals surface area contributed by atoms with Crippen molar-refractivity contribution in [2.75, 3.05) is 13.1 Å². The molecule has 0 bridgehead atoms. The third kappa shape index (κ3) is 2.45. The van der Waals surface area contributed by atoms with Gasteiger partial charge >= 0.3 is 0 Å². The first-order valence-corrected chi connectivity index (χ1v) is 5.05. The van der Waals surface area contributed by atoms with Crippen LogP contribution >= 0.6 is 0 Å². The van der Waals surface area contributed by atoms with Gasteiger partial charge in [-0.3, -0.25) is 4.79 Å². The molecule has 1 amide bonds. The number of carbonyl (C=O) groups excluding carboxylic acids is 1. The van der Waals surface area contributed by atoms with E-state index in [0.29, 0.717) is 19.5 Å². The maximum atomic E-state index is 11.8. The number of likely N-dealkylation sites (tertiary alicyclic amines) is 1. The zero-order valence-electron chi connectivity index (χ0n) is 9.16. The van der Waals surface area contributed by atoms with Crippen LogP contribution in [0.2, 0.25) is 0 Å². The number of aliphatic hydroxyl groups is 1. The highest BCUT2D eigenvalue weighted by Gasteiger charge is 2.34. The number of amides is 1. The van der Waals surface area contributed by atoms with Crippen LogP contribution in [0.25, 0.3) is 0 Å². The van der Waals surface area contributed by atoms with Crippen molar-refractivity contribution in [2.24, 2.45) is 11.1 Å². The number of β-amino-alcohol motifs (C(OH)–C–C–N with tert-alkyl or cyclic N) is 1. The molecule has 1 saturated heterocycles. The van der Waals surface area contributed by atoms with Crippen LogP contribution in [0.4, 0.5) is 0 Å². The van der Waals surface area contributed by atoms with Gasteiger partial charge in [-0.15, -0.1) is 0 Å². The molecule has 3 N–H and O–H groups in total. The molecule has 0 aromatic carbocycles. The molecule has 1 fully saturated rings. The van der Waals surface area contributed by atoms with Crippen LogP contribution in [0.5, 0.6) is 0 Å². The van der Waals surface area contributed by atoms with Gasteiger partial charge < -0.3 is 15.7 Å². The van der Waals surface area contributed by atoms with E-state index in [1.165, 1.54) is 0 Å². The third-order valence-corrected chi connectivity index (χ3v) is 2.67. The molecule has 1 rings (SSSR count). The van der Waals surface area contributed by atoms with Gasteiger partial charge in [0.15, 0.2) is 0 Å². The maximum Gasteiger partial charge on any atom is 0.240 e. The molecule has 0 unspecified atom stereocenters. The summed E-state index contributed by atoms with van der Waals surface area (Å²) >= 11 is 0. The maximum absolute atomic E-state index is 11.8. The number of aliphatic hydroxyl groups excluding tert-OH is 1. The lowest BCUT2D eigenvalue weighted by atomic mass is 9.86. The fourth-order valence-electron chi connectivity index (χ4n) is 1.51. The molecular weight excluding hydrogens is 180 g/mol. The van der Waals surface area contributed by atoms with Gasteiger partial charge in [0.2, 0.25) is 5.91 Å². The highest BCUT2D eigenvalue weighted by molar-refractivity contribution is 5.82. The quantitative estimate of drug-likeness (QED) is 0.624. The van der Waals surface area contributed by atoms with Crippen molar-refractivity contribution in [2.45, 2.75) is 39.3 Å². The number of carbonyl (C=O) groups is 1. The summed E-state index contributed by atoms with van der Waals surface area (Å²) in [5.74, 6) is -0.0472. The van der Waals surface area contributed by atoms with Crippen LogP contribution < -0.4 is 5.73 Å². The average molecular weight is 200 g/mol. The molecule has 0 aliphatic carbocycles. The van der Waals surface area contributed by atoms with Gasteiger partial charge in [0.05, 0.1) is 12.1 Å². The summed E-state index contributed by atoms with van der Waals surface area (Å²) in [6, 6.07) is -0.479. The largest absolute Gasteiger partial charge is 0.391 e. The zero-order chi connectivity index (χ0) is 10.9. The molecule has 1 aliphatic heterocycles. The van der Waals surface area contributed by atoms with E-state index >= 15 is 0 Å². The van der Waals surface area contributed by atoms with Gasteiger partial charge in [0.1, 0.15) is 0 Å². The predicted molar refractivity (Wildman–Crippen MR) is 54.6 cm³/mol. The van der Waals surface area contributed by atoms with E-state index in [0.717, 1.165) is 0 Å². The van der Waals surface area contributed by atoms with E-state index in [4.69, 9.17) is 5.73 Å². The summed E-state index contributed by atoms with van der Waals surface area (Å²) in [6.07, 6.45) is 0.300. The van der Waals surface area contributed by atoms with Crippen molar-refractivity contribution in [3.63, 3.8) is 0 Å². The van der Waals surface area contributed by atoms with Gasteiger partial charge in [-0.25, -0.2) is 0 Å². The highest BCUT2D eigenvalue weighted by Crippen LogP contribution is 2.21. The Bertz CT molecular complexity index is 223. The van der Waals surface area contributed by atoms with E-state index in [9.17, 15) is 9.90 Å². The Kier molecular flexibility index (Phi) is 3.17. The molecule has 1 heterocycles. The molecule has 0 radical (unpaired) electrons. The summed E-state index contributed by atoms with van der Waals surface area (Å²) in [7, 11) is 0. The Labute approximate surface area is 85.1 Å². The van der Waals surface area contributed by atoms with Crippen LogP contribution in [0.1, 0.15) is 27.2 Å². The molecule has 4 nitrogen and oxygen atoms in total. The lowest BCUT2D eigenvalue weighted by molar-refractivity contribution is -0.134. The second kappa shape index (κ2) is 3.87. The molecule has 82 valence electrons. The molecule has 2 atom stereocenters. The SMILES string of the molecule is CC(C)(C)[C@H](N)C(=O)N1CC[C@@H](O)C1. The van der Waals surface area contributed by atoms with Crippen LogP contribution in [0.3, 0.4) is 0 Å². The minimum atomic E-state index is -0.479. The Morgan fingerprint density at radius 3 is 2.50 bits per heavy atom. The number of nitrogens with zero attached hydrogens (tertiary/aromatic N) is 1. The predicted octanol–water partition coefficient (Wildman–Crippen LogP) is -0.0470. The summed E-state index contributed by atoms with van der Waals surface area (Å²) in [4.78, 5) is 13.5. The van der Waals surface area contributed by atoms with Crippen molar-refractivity contribution < 1.29 is 9.90 Å². The molecule has 4 heteroatoms. The number of nitrogens with two attached hydrogens (primary N) is 1. The van der Waals surface area contributed by atoms with E-state index in [1.54, 1.807) is 4.90 Å². The standard InChI is InChI=1S/C10H20N2O2/c1-10(2,3)8(11)9(14)12-5-4-7(13)6-12/h7-8,13H,4-6,11H2,1-3H3/t7-,8-/m1/s1. The van der Waals surface area contributed by atoms with Crippen LogP contribution in [-0.4, -0.2) is 41.1 Å². The molecule has 1 aliphatic rings. The first-order valence-electron chi connectivity index (χ1n) is 5.05. The summed E-state index contributed by atoms with van der Waals surface area (Å²) in [5, 5.41) is 9.30. The van der Waals surface area contributed by atoms with Gasteiger partial charge in [0, 0.05) is 13.1 Å². The Hall–Kier alpha value is -0.610. The van der Waals surface area contributed by atoms with E-state index in [2.05, 4.69) is 0 Å². The minimum Gasteiger partial charge on any atom is -0.391 e. The fourth-order valence-corrected chi connectivity index (χ4v) is 1.51. The summed E-state index contributed by atoms with van der Waals surface area (Å²) in [6.45, 7) is 6.90. The minimum absolute atomic E-state index is 0.0472. The van der Waals surface area contributed by atoms with Crippen LogP contribution in [0.15, 0.2) is 0 Å². The molecular formula is C10H20N2O2. The lowest BCUT2D eigenvalue weighted by Gasteiger charge is -2.29. The monoisotopic (exact) mass is 200 g/mol. The smallest absolute Gasteiger partial charge is 0.240 e. The second-order valence-corrected chi connectivity index (χ2v) is 5.07. The third-order valence-electron chi connectivity index (χ3n) is 2.67. The molecule has 0 aromatic rings. The summed E-state index contributed by atoms with van der Waals surface area (Å²) < 4.78 is 0. The van der Waals surface area contributed by atoms with Crippen molar-refractivity contribution >= 4 is 5.91 Å². The Morgan fingerprint density at radius 2 is 2.14 bits per heavy atom. The second-order valence-electron chi connectivity index (χ2n) is 5.07. The van der Waals surface area contributed by atoms with Gasteiger partial charge in [-0.2, -0.15) is 0 Å². The number of rotatable bonds is 1. The summed E-state index contributed by atoms with van der Waals surface area (Å²) in [5.41, 5.74) is 5.63. The molecule has 0 spiro atoms. The fraction of sp³-hybridized carbons (Fsp3) is 0.900.